The third-order valence-electron chi connectivity index (χ3n) is 5.44. The summed E-state index contributed by atoms with van der Waals surface area (Å²) in [5.74, 6) is 2.07. The molecule has 112 valence electrons. The van der Waals surface area contributed by atoms with Crippen molar-refractivity contribution in [2.45, 2.75) is 25.4 Å². The van der Waals surface area contributed by atoms with E-state index in [-0.39, 0.29) is 5.69 Å². The van der Waals surface area contributed by atoms with Gasteiger partial charge >= 0.3 is 5.69 Å². The minimum absolute atomic E-state index is 0.0364. The normalized spacial score (nSPS) is 28.9. The molecule has 0 radical (unpaired) electrons. The highest BCUT2D eigenvalue weighted by molar-refractivity contribution is 9.10. The molecule has 0 aliphatic heterocycles. The minimum atomic E-state index is -0.438. The molecule has 0 bridgehead atoms. The molecule has 5 heteroatoms. The van der Waals surface area contributed by atoms with Crippen molar-refractivity contribution in [1.82, 2.24) is 9.13 Å². The van der Waals surface area contributed by atoms with Crippen LogP contribution in [0.15, 0.2) is 21.4 Å². The van der Waals surface area contributed by atoms with E-state index in [9.17, 15) is 9.90 Å². The van der Waals surface area contributed by atoms with Crippen LogP contribution in [0, 0.1) is 17.8 Å². The highest BCUT2D eigenvalue weighted by Gasteiger charge is 2.48. The summed E-state index contributed by atoms with van der Waals surface area (Å²) in [5.41, 5.74) is 2.64. The largest absolute Gasteiger partial charge is 0.388 e. The van der Waals surface area contributed by atoms with Gasteiger partial charge in [-0.15, -0.1) is 0 Å². The molecule has 1 N–H and O–H groups in total. The smallest absolute Gasteiger partial charge is 0.328 e. The Morgan fingerprint density at radius 3 is 2.33 bits per heavy atom. The zero-order valence-corrected chi connectivity index (χ0v) is 13.8. The molecule has 0 saturated heterocycles. The quantitative estimate of drug-likeness (QED) is 0.905. The lowest BCUT2D eigenvalue weighted by Crippen LogP contribution is -2.19. The number of fused-ring (bicyclic) bond motifs is 2. The second-order valence-corrected chi connectivity index (χ2v) is 7.55. The van der Waals surface area contributed by atoms with Crippen molar-refractivity contribution in [3.63, 3.8) is 0 Å². The van der Waals surface area contributed by atoms with Gasteiger partial charge in [0.15, 0.2) is 0 Å². The van der Waals surface area contributed by atoms with Crippen LogP contribution < -0.4 is 5.69 Å². The standard InChI is InChI=1S/C16H19BrN2O2/c1-18-13-6-11(12(17)7-14(13)19(2)16(18)21)15(20)10-4-8-3-9(8)5-10/h6-10,15,20H,3-5H2,1-2H3. The number of hydrogen-bond donors (Lipinski definition) is 1. The van der Waals surface area contributed by atoms with Gasteiger partial charge in [-0.25, -0.2) is 4.79 Å². The van der Waals surface area contributed by atoms with Crippen LogP contribution in [0.5, 0.6) is 0 Å². The lowest BCUT2D eigenvalue weighted by atomic mass is 9.91. The van der Waals surface area contributed by atoms with Gasteiger partial charge in [-0.05, 0) is 54.7 Å². The first kappa shape index (κ1) is 13.6. The van der Waals surface area contributed by atoms with Gasteiger partial charge in [0.2, 0.25) is 0 Å². The monoisotopic (exact) mass is 350 g/mol. The predicted octanol–water partition coefficient (Wildman–Crippen LogP) is 2.72. The molecule has 0 spiro atoms. The first-order chi connectivity index (χ1) is 9.97. The number of benzene rings is 1. The molecule has 0 amide bonds. The van der Waals surface area contributed by atoms with Gasteiger partial charge in [0.05, 0.1) is 17.1 Å². The predicted molar refractivity (Wildman–Crippen MR) is 85.1 cm³/mol. The highest BCUT2D eigenvalue weighted by Crippen LogP contribution is 2.57. The summed E-state index contributed by atoms with van der Waals surface area (Å²) in [7, 11) is 3.55. The van der Waals surface area contributed by atoms with Gasteiger partial charge in [-0.1, -0.05) is 15.9 Å². The first-order valence-electron chi connectivity index (χ1n) is 7.50. The number of halogens is 1. The summed E-state index contributed by atoms with van der Waals surface area (Å²) in [6.07, 6.45) is 3.21. The van der Waals surface area contributed by atoms with E-state index in [4.69, 9.17) is 0 Å². The number of nitrogens with zero attached hydrogens (tertiary/aromatic N) is 2. The van der Waals surface area contributed by atoms with Crippen LogP contribution >= 0.6 is 15.9 Å². The van der Waals surface area contributed by atoms with Crippen molar-refractivity contribution in [3.05, 3.63) is 32.7 Å². The Bertz CT molecular complexity index is 782. The maximum Gasteiger partial charge on any atom is 0.328 e. The average molecular weight is 351 g/mol. The van der Waals surface area contributed by atoms with Crippen molar-refractivity contribution in [3.8, 4) is 0 Å². The van der Waals surface area contributed by atoms with Gasteiger partial charge < -0.3 is 5.11 Å². The molecule has 2 saturated carbocycles. The van der Waals surface area contributed by atoms with Gasteiger partial charge in [-0.2, -0.15) is 0 Å². The fraction of sp³-hybridized carbons (Fsp3) is 0.562. The second kappa shape index (κ2) is 4.46. The van der Waals surface area contributed by atoms with E-state index < -0.39 is 6.10 Å². The minimum Gasteiger partial charge on any atom is -0.388 e. The van der Waals surface area contributed by atoms with Crippen LogP contribution in [0.2, 0.25) is 0 Å². The highest BCUT2D eigenvalue weighted by atomic mass is 79.9. The Balaban J connectivity index is 1.79. The SMILES string of the molecule is Cn1c(=O)n(C)c2cc(C(O)C3CC4CC4C3)c(Br)cc21. The maximum absolute atomic E-state index is 12.0. The van der Waals surface area contributed by atoms with E-state index >= 15 is 0 Å². The van der Waals surface area contributed by atoms with E-state index in [0.717, 1.165) is 45.7 Å². The molecule has 2 aliphatic carbocycles. The summed E-state index contributed by atoms with van der Waals surface area (Å²) < 4.78 is 4.18. The zero-order valence-electron chi connectivity index (χ0n) is 12.2. The molecule has 4 rings (SSSR count). The Hall–Kier alpha value is -1.07. The summed E-state index contributed by atoms with van der Waals surface area (Å²) >= 11 is 3.57. The molecule has 1 aromatic heterocycles. The molecule has 4 nitrogen and oxygen atoms in total. The Morgan fingerprint density at radius 2 is 1.71 bits per heavy atom. The number of aliphatic hydroxyl groups is 1. The maximum atomic E-state index is 12.0. The van der Waals surface area contributed by atoms with Crippen LogP contribution in [0.4, 0.5) is 0 Å². The zero-order chi connectivity index (χ0) is 14.9. The molecule has 2 aromatic rings. The third kappa shape index (κ3) is 1.94. The molecule has 2 fully saturated rings. The second-order valence-electron chi connectivity index (χ2n) is 6.70. The molecule has 1 aromatic carbocycles. The van der Waals surface area contributed by atoms with Gasteiger partial charge in [-0.3, -0.25) is 9.13 Å². The molecule has 1 heterocycles. The average Bonchev–Trinajstić information content (AvgIpc) is 3.03. The van der Waals surface area contributed by atoms with Gasteiger partial charge in [0.1, 0.15) is 0 Å². The lowest BCUT2D eigenvalue weighted by Gasteiger charge is -2.21. The Kier molecular flexibility index (Phi) is 2.89. The van der Waals surface area contributed by atoms with Crippen LogP contribution in [-0.2, 0) is 14.1 Å². The van der Waals surface area contributed by atoms with Gasteiger partial charge in [0.25, 0.3) is 0 Å². The van der Waals surface area contributed by atoms with E-state index in [0.29, 0.717) is 5.92 Å². The van der Waals surface area contributed by atoms with Crippen molar-refractivity contribution < 1.29 is 5.11 Å². The van der Waals surface area contributed by atoms with E-state index in [1.54, 1.807) is 23.2 Å². The molecule has 2 aliphatic rings. The van der Waals surface area contributed by atoms with Crippen LogP contribution in [-0.4, -0.2) is 14.2 Å². The number of imidazole rings is 1. The summed E-state index contributed by atoms with van der Waals surface area (Å²) in [6.45, 7) is 0. The van der Waals surface area contributed by atoms with Crippen LogP contribution in [0.25, 0.3) is 11.0 Å². The first-order valence-corrected chi connectivity index (χ1v) is 8.29. The molecule has 21 heavy (non-hydrogen) atoms. The van der Waals surface area contributed by atoms with E-state index in [1.165, 1.54) is 6.42 Å². The molecule has 3 unspecified atom stereocenters. The van der Waals surface area contributed by atoms with E-state index in [1.807, 2.05) is 12.1 Å². The van der Waals surface area contributed by atoms with E-state index in [2.05, 4.69) is 15.9 Å². The fourth-order valence-corrected chi connectivity index (χ4v) is 4.60. The van der Waals surface area contributed by atoms with Crippen molar-refractivity contribution >= 4 is 27.0 Å². The molecular formula is C16H19BrN2O2. The topological polar surface area (TPSA) is 47.2 Å². The van der Waals surface area contributed by atoms with Gasteiger partial charge in [0, 0.05) is 18.6 Å². The summed E-state index contributed by atoms with van der Waals surface area (Å²) in [5, 5.41) is 10.7. The summed E-state index contributed by atoms with van der Waals surface area (Å²) in [4.78, 5) is 12.0. The number of aryl methyl sites for hydroxylation is 2. The third-order valence-corrected chi connectivity index (χ3v) is 6.12. The molecule has 3 atom stereocenters. The summed E-state index contributed by atoms with van der Waals surface area (Å²) in [6, 6.07) is 3.92. The van der Waals surface area contributed by atoms with Crippen molar-refractivity contribution in [2.24, 2.45) is 31.8 Å². The van der Waals surface area contributed by atoms with Crippen molar-refractivity contribution in [2.75, 3.05) is 0 Å². The fourth-order valence-electron chi connectivity index (χ4n) is 4.04. The number of aliphatic hydroxyl groups excluding tert-OH is 1. The number of hydrogen-bond acceptors (Lipinski definition) is 2. The number of aromatic nitrogens is 2. The lowest BCUT2D eigenvalue weighted by molar-refractivity contribution is 0.104. The number of rotatable bonds is 2. The van der Waals surface area contributed by atoms with Crippen LogP contribution in [0.3, 0.4) is 0 Å². The van der Waals surface area contributed by atoms with Crippen LogP contribution in [0.1, 0.15) is 30.9 Å². The Labute approximate surface area is 131 Å². The molecular weight excluding hydrogens is 332 g/mol. The Morgan fingerprint density at radius 1 is 1.14 bits per heavy atom. The van der Waals surface area contributed by atoms with Crippen molar-refractivity contribution in [1.29, 1.82) is 0 Å².